The van der Waals surface area contributed by atoms with Crippen molar-refractivity contribution in [3.63, 3.8) is 0 Å². The molecule has 0 spiro atoms. The van der Waals surface area contributed by atoms with Gasteiger partial charge in [0, 0.05) is 43.4 Å². The molecule has 3 heterocycles. The molecule has 176 valence electrons. The molecule has 1 aromatic heterocycles. The summed E-state index contributed by atoms with van der Waals surface area (Å²) in [4.78, 5) is 38.3. The zero-order valence-electron chi connectivity index (χ0n) is 20.2. The van der Waals surface area contributed by atoms with E-state index in [1.807, 2.05) is 17.0 Å². The fourth-order valence-corrected chi connectivity index (χ4v) is 4.91. The molecule has 2 amide bonds. The molecule has 0 bridgehead atoms. The van der Waals surface area contributed by atoms with Gasteiger partial charge in [-0.25, -0.2) is 9.97 Å². The quantitative estimate of drug-likeness (QED) is 0.707. The average Bonchev–Trinajstić information content (AvgIpc) is 2.77. The maximum absolute atomic E-state index is 12.7. The second-order valence-electron chi connectivity index (χ2n) is 9.73. The Labute approximate surface area is 196 Å². The van der Waals surface area contributed by atoms with E-state index in [2.05, 4.69) is 43.1 Å². The Hall–Kier alpha value is -2.80. The van der Waals surface area contributed by atoms with Crippen LogP contribution in [0.25, 0.3) is 0 Å². The zero-order valence-corrected chi connectivity index (χ0v) is 20.2. The number of likely N-dealkylation sites (tertiary alicyclic amines) is 1. The highest BCUT2D eigenvalue weighted by Crippen LogP contribution is 2.35. The second-order valence-corrected chi connectivity index (χ2v) is 9.73. The molecule has 0 saturated carbocycles. The number of hydrogen-bond acceptors (Lipinski definition) is 5. The number of aryl methyl sites for hydroxylation is 1. The second kappa shape index (κ2) is 10.00. The van der Waals surface area contributed by atoms with Crippen molar-refractivity contribution >= 4 is 23.3 Å². The predicted octanol–water partition coefficient (Wildman–Crippen LogP) is 4.41. The molecule has 2 aliphatic rings. The highest BCUT2D eigenvalue weighted by atomic mass is 16.2. The van der Waals surface area contributed by atoms with E-state index in [-0.39, 0.29) is 17.9 Å². The third-order valence-electron chi connectivity index (χ3n) is 6.47. The molecule has 0 unspecified atom stereocenters. The lowest BCUT2D eigenvalue weighted by molar-refractivity contribution is -0.119. The van der Waals surface area contributed by atoms with E-state index in [1.54, 1.807) is 0 Å². The minimum atomic E-state index is -0.0660. The van der Waals surface area contributed by atoms with E-state index >= 15 is 0 Å². The van der Waals surface area contributed by atoms with Crippen LogP contribution in [0.4, 0.5) is 11.5 Å². The summed E-state index contributed by atoms with van der Waals surface area (Å²) in [7, 11) is 0. The molecular formula is C26H35N5O2. The minimum absolute atomic E-state index is 0.0660. The molecule has 1 N–H and O–H groups in total. The van der Waals surface area contributed by atoms with Gasteiger partial charge in [-0.15, -0.1) is 0 Å². The van der Waals surface area contributed by atoms with Gasteiger partial charge in [-0.05, 0) is 56.3 Å². The third-order valence-corrected chi connectivity index (χ3v) is 6.47. The standard InChI is InChI=1S/C26H35N5O2/c1-17(2)15-31-24(33)13-12-22-18(3)27-25(29-26(22)31)23-7-5-6-14-30(23)16-20-8-10-21(11-9-20)28-19(4)32/h8-11,17,23H,5-7,12-16H2,1-4H3,(H,28,32)/t23-/m1/s1. The number of anilines is 2. The molecule has 1 fully saturated rings. The summed E-state index contributed by atoms with van der Waals surface area (Å²) < 4.78 is 0. The fourth-order valence-electron chi connectivity index (χ4n) is 4.91. The molecule has 0 radical (unpaired) electrons. The molecule has 2 aromatic rings. The van der Waals surface area contributed by atoms with E-state index in [9.17, 15) is 9.59 Å². The maximum Gasteiger partial charge on any atom is 0.228 e. The maximum atomic E-state index is 12.7. The van der Waals surface area contributed by atoms with Gasteiger partial charge in [-0.1, -0.05) is 32.4 Å². The molecular weight excluding hydrogens is 414 g/mol. The summed E-state index contributed by atoms with van der Waals surface area (Å²) in [5, 5.41) is 2.82. The number of nitrogens with zero attached hydrogens (tertiary/aromatic N) is 4. The largest absolute Gasteiger partial charge is 0.326 e. The van der Waals surface area contributed by atoms with Crippen molar-refractivity contribution in [3.05, 3.63) is 46.9 Å². The summed E-state index contributed by atoms with van der Waals surface area (Å²) >= 11 is 0. The topological polar surface area (TPSA) is 78.4 Å². The number of fused-ring (bicyclic) bond motifs is 1. The van der Waals surface area contributed by atoms with E-state index < -0.39 is 0 Å². The van der Waals surface area contributed by atoms with Crippen molar-refractivity contribution in [2.24, 2.45) is 5.92 Å². The molecule has 7 nitrogen and oxygen atoms in total. The van der Waals surface area contributed by atoms with E-state index in [0.29, 0.717) is 18.9 Å². The fraction of sp³-hybridized carbons (Fsp3) is 0.538. The number of carbonyl (C=O) groups is 2. The number of hydrogen-bond donors (Lipinski definition) is 1. The van der Waals surface area contributed by atoms with Crippen LogP contribution in [0, 0.1) is 12.8 Å². The third kappa shape index (κ3) is 5.41. The zero-order chi connectivity index (χ0) is 23.5. The number of rotatable bonds is 6. The van der Waals surface area contributed by atoms with Crippen molar-refractivity contribution in [2.75, 3.05) is 23.3 Å². The van der Waals surface area contributed by atoms with Gasteiger partial charge in [0.1, 0.15) is 11.6 Å². The van der Waals surface area contributed by atoms with E-state index in [4.69, 9.17) is 9.97 Å². The molecule has 1 atom stereocenters. The molecule has 4 rings (SSSR count). The van der Waals surface area contributed by atoms with Crippen molar-refractivity contribution in [2.45, 2.75) is 72.4 Å². The van der Waals surface area contributed by atoms with Crippen LogP contribution < -0.4 is 10.2 Å². The normalized spacial score (nSPS) is 19.0. The van der Waals surface area contributed by atoms with Crippen molar-refractivity contribution < 1.29 is 9.59 Å². The van der Waals surface area contributed by atoms with Crippen LogP contribution in [0.5, 0.6) is 0 Å². The van der Waals surface area contributed by atoms with Gasteiger partial charge >= 0.3 is 0 Å². The Kier molecular flexibility index (Phi) is 7.08. The molecule has 33 heavy (non-hydrogen) atoms. The predicted molar refractivity (Wildman–Crippen MR) is 130 cm³/mol. The van der Waals surface area contributed by atoms with Gasteiger partial charge in [0.2, 0.25) is 11.8 Å². The van der Waals surface area contributed by atoms with Crippen LogP contribution in [-0.4, -0.2) is 39.8 Å². The molecule has 2 aliphatic heterocycles. The number of benzene rings is 1. The smallest absolute Gasteiger partial charge is 0.228 e. The highest BCUT2D eigenvalue weighted by Gasteiger charge is 2.32. The SMILES string of the molecule is CC(=O)Nc1ccc(CN2CCCC[C@@H]2c2nc(C)c3c(n2)N(CC(C)C)C(=O)CC3)cc1. The Bertz CT molecular complexity index is 1020. The van der Waals surface area contributed by atoms with E-state index in [1.165, 1.54) is 12.5 Å². The first-order valence-electron chi connectivity index (χ1n) is 12.1. The Balaban J connectivity index is 1.60. The molecule has 0 aliphatic carbocycles. The summed E-state index contributed by atoms with van der Waals surface area (Å²) in [5.41, 5.74) is 4.13. The summed E-state index contributed by atoms with van der Waals surface area (Å²) in [6, 6.07) is 8.17. The van der Waals surface area contributed by atoms with Crippen LogP contribution in [0.1, 0.15) is 75.1 Å². The van der Waals surface area contributed by atoms with Crippen LogP contribution in [-0.2, 0) is 22.6 Å². The van der Waals surface area contributed by atoms with Gasteiger partial charge in [0.15, 0.2) is 0 Å². The van der Waals surface area contributed by atoms with Crippen LogP contribution in [0.15, 0.2) is 24.3 Å². The lowest BCUT2D eigenvalue weighted by Crippen LogP contribution is -2.40. The number of nitrogens with one attached hydrogen (secondary N) is 1. The first-order valence-corrected chi connectivity index (χ1v) is 12.1. The van der Waals surface area contributed by atoms with Gasteiger partial charge < -0.3 is 5.32 Å². The Morgan fingerprint density at radius 3 is 2.61 bits per heavy atom. The first kappa shape index (κ1) is 23.4. The minimum Gasteiger partial charge on any atom is -0.326 e. The molecule has 7 heteroatoms. The number of carbonyl (C=O) groups excluding carboxylic acids is 2. The Morgan fingerprint density at radius 2 is 1.91 bits per heavy atom. The van der Waals surface area contributed by atoms with Crippen LogP contribution >= 0.6 is 0 Å². The van der Waals surface area contributed by atoms with Crippen LogP contribution in [0.2, 0.25) is 0 Å². The number of amides is 2. The average molecular weight is 450 g/mol. The van der Waals surface area contributed by atoms with Crippen molar-refractivity contribution in [1.82, 2.24) is 14.9 Å². The van der Waals surface area contributed by atoms with Crippen molar-refractivity contribution in [1.29, 1.82) is 0 Å². The lowest BCUT2D eigenvalue weighted by atomic mass is 9.98. The first-order chi connectivity index (χ1) is 15.8. The number of piperidine rings is 1. The van der Waals surface area contributed by atoms with Crippen LogP contribution in [0.3, 0.4) is 0 Å². The van der Waals surface area contributed by atoms with Gasteiger partial charge in [0.05, 0.1) is 6.04 Å². The summed E-state index contributed by atoms with van der Waals surface area (Å²) in [6.45, 7) is 10.3. The van der Waals surface area contributed by atoms with Gasteiger partial charge in [-0.3, -0.25) is 19.4 Å². The number of aromatic nitrogens is 2. The lowest BCUT2D eigenvalue weighted by Gasteiger charge is -2.36. The van der Waals surface area contributed by atoms with E-state index in [0.717, 1.165) is 67.4 Å². The van der Waals surface area contributed by atoms with Gasteiger partial charge in [-0.2, -0.15) is 0 Å². The highest BCUT2D eigenvalue weighted by molar-refractivity contribution is 5.95. The molecule has 1 aromatic carbocycles. The monoisotopic (exact) mass is 449 g/mol. The Morgan fingerprint density at radius 1 is 1.15 bits per heavy atom. The summed E-state index contributed by atoms with van der Waals surface area (Å²) in [6.07, 6.45) is 4.58. The summed E-state index contributed by atoms with van der Waals surface area (Å²) in [5.74, 6) is 2.14. The van der Waals surface area contributed by atoms with Crippen molar-refractivity contribution in [3.8, 4) is 0 Å². The van der Waals surface area contributed by atoms with Gasteiger partial charge in [0.25, 0.3) is 0 Å². The molecule has 1 saturated heterocycles.